The first-order valence-electron chi connectivity index (χ1n) is 8.12. The Kier molecular flexibility index (Phi) is 5.61. The molecule has 5 nitrogen and oxygen atoms in total. The lowest BCUT2D eigenvalue weighted by molar-refractivity contribution is -0.138. The Hall–Kier alpha value is -3.06. The van der Waals surface area contributed by atoms with Crippen molar-refractivity contribution < 1.29 is 24.1 Å². The maximum Gasteiger partial charge on any atom is 0.344 e. The van der Waals surface area contributed by atoms with Gasteiger partial charge in [0.05, 0.1) is 17.2 Å². The predicted molar refractivity (Wildman–Crippen MR) is 103 cm³/mol. The van der Waals surface area contributed by atoms with Crippen molar-refractivity contribution in [3.05, 3.63) is 76.1 Å². The zero-order valence-electron chi connectivity index (χ0n) is 14.3. The van der Waals surface area contributed by atoms with E-state index in [0.717, 1.165) is 11.8 Å². The van der Waals surface area contributed by atoms with Crippen LogP contribution in [0.5, 0.6) is 5.75 Å². The van der Waals surface area contributed by atoms with Crippen LogP contribution < -0.4 is 0 Å². The first-order chi connectivity index (χ1) is 13.0. The maximum atomic E-state index is 13.4. The Bertz CT molecular complexity index is 981. The maximum absolute atomic E-state index is 13.4. The molecule has 0 unspecified atom stereocenters. The molecule has 0 atom stereocenters. The van der Waals surface area contributed by atoms with E-state index >= 15 is 0 Å². The second kappa shape index (κ2) is 8.09. The predicted octanol–water partition coefficient (Wildman–Crippen LogP) is 4.72. The minimum absolute atomic E-state index is 0.0717. The van der Waals surface area contributed by atoms with Gasteiger partial charge in [0.1, 0.15) is 27.9 Å². The third kappa shape index (κ3) is 4.38. The van der Waals surface area contributed by atoms with Crippen molar-refractivity contribution in [1.29, 1.82) is 0 Å². The van der Waals surface area contributed by atoms with Crippen molar-refractivity contribution in [3.63, 3.8) is 0 Å². The number of carbonyl (C=O) groups is 1. The quantitative estimate of drug-likeness (QED) is 0.744. The topological polar surface area (TPSA) is 79.1 Å². The fraction of sp³-hybridized carbons (Fsp3) is 0.100. The lowest BCUT2D eigenvalue weighted by atomic mass is 10.1. The number of esters is 1. The summed E-state index contributed by atoms with van der Waals surface area (Å²) in [5, 5.41) is 20.4. The van der Waals surface area contributed by atoms with E-state index in [-0.39, 0.29) is 28.7 Å². The van der Waals surface area contributed by atoms with Crippen LogP contribution in [0.2, 0.25) is 0 Å². The summed E-state index contributed by atoms with van der Waals surface area (Å²) in [6.07, 6.45) is 1.62. The number of ether oxygens (including phenoxy) is 1. The van der Waals surface area contributed by atoms with Gasteiger partial charge in [-0.2, -0.15) is 0 Å². The van der Waals surface area contributed by atoms with E-state index in [1.54, 1.807) is 31.2 Å². The van der Waals surface area contributed by atoms with Crippen molar-refractivity contribution in [1.82, 2.24) is 0 Å². The second-order valence-corrected chi connectivity index (χ2v) is 6.58. The first kappa shape index (κ1) is 18.7. The van der Waals surface area contributed by atoms with E-state index in [4.69, 9.17) is 4.74 Å². The molecule has 1 aliphatic heterocycles. The molecule has 2 N–H and O–H groups in total. The SMILES string of the molecule is CCOC(=O)C1=C(O)C(=Cc2cccc(O)c2)SC1=Nc1cccc(F)c1. The van der Waals surface area contributed by atoms with E-state index in [0.29, 0.717) is 16.2 Å². The van der Waals surface area contributed by atoms with Crippen LogP contribution in [0.25, 0.3) is 6.08 Å². The zero-order valence-corrected chi connectivity index (χ0v) is 15.2. The van der Waals surface area contributed by atoms with Gasteiger partial charge in [-0.15, -0.1) is 0 Å². The molecule has 27 heavy (non-hydrogen) atoms. The minimum atomic E-state index is -0.711. The fourth-order valence-electron chi connectivity index (χ4n) is 2.42. The van der Waals surface area contributed by atoms with Gasteiger partial charge < -0.3 is 14.9 Å². The standard InChI is InChI=1S/C20H16FNO4S/c1-2-26-20(25)17-18(24)16(10-12-5-3-8-15(23)9-12)27-19(17)22-14-7-4-6-13(21)11-14/h3-11,23-24H,2H2,1H3. The number of aliphatic imine (C=N–C) groups is 1. The molecule has 0 fully saturated rings. The van der Waals surface area contributed by atoms with Crippen LogP contribution in [-0.2, 0) is 9.53 Å². The number of phenolic OH excluding ortho intramolecular Hbond substituents is 1. The molecule has 0 saturated carbocycles. The average Bonchev–Trinajstić information content (AvgIpc) is 2.90. The number of hydrogen-bond donors (Lipinski definition) is 2. The van der Waals surface area contributed by atoms with Crippen LogP contribution in [-0.4, -0.2) is 27.8 Å². The highest BCUT2D eigenvalue weighted by Gasteiger charge is 2.33. The number of carbonyl (C=O) groups excluding carboxylic acids is 1. The second-order valence-electron chi connectivity index (χ2n) is 5.55. The summed E-state index contributed by atoms with van der Waals surface area (Å²) in [6.45, 7) is 1.80. The van der Waals surface area contributed by atoms with Gasteiger partial charge in [-0.1, -0.05) is 30.0 Å². The summed E-state index contributed by atoms with van der Waals surface area (Å²) in [4.78, 5) is 17.0. The summed E-state index contributed by atoms with van der Waals surface area (Å²) >= 11 is 1.06. The molecule has 0 amide bonds. The summed E-state index contributed by atoms with van der Waals surface area (Å²) < 4.78 is 18.4. The number of thioether (sulfide) groups is 1. The third-order valence-corrected chi connectivity index (χ3v) is 4.60. The Labute approximate surface area is 159 Å². The van der Waals surface area contributed by atoms with Crippen molar-refractivity contribution in [2.24, 2.45) is 4.99 Å². The molecule has 1 aliphatic rings. The molecule has 138 valence electrons. The number of rotatable bonds is 4. The van der Waals surface area contributed by atoms with Gasteiger partial charge in [-0.25, -0.2) is 14.2 Å². The molecule has 0 radical (unpaired) electrons. The number of nitrogens with zero attached hydrogens (tertiary/aromatic N) is 1. The van der Waals surface area contributed by atoms with Gasteiger partial charge in [0.25, 0.3) is 0 Å². The molecule has 0 saturated heterocycles. The average molecular weight is 385 g/mol. The van der Waals surface area contributed by atoms with Crippen molar-refractivity contribution >= 4 is 34.5 Å². The van der Waals surface area contributed by atoms with Crippen molar-refractivity contribution in [2.75, 3.05) is 6.61 Å². The molecule has 7 heteroatoms. The molecule has 0 spiro atoms. The van der Waals surface area contributed by atoms with Gasteiger partial charge in [-0.05, 0) is 48.9 Å². The Morgan fingerprint density at radius 2 is 2.00 bits per heavy atom. The third-order valence-electron chi connectivity index (χ3n) is 3.58. The Balaban J connectivity index is 2.05. The molecule has 0 aliphatic carbocycles. The van der Waals surface area contributed by atoms with Crippen LogP contribution in [0, 0.1) is 5.82 Å². The number of halogens is 1. The molecular weight excluding hydrogens is 369 g/mol. The monoisotopic (exact) mass is 385 g/mol. The van der Waals surface area contributed by atoms with Crippen molar-refractivity contribution in [2.45, 2.75) is 6.92 Å². The summed E-state index contributed by atoms with van der Waals surface area (Å²) in [5.41, 5.74) is 0.877. The highest BCUT2D eigenvalue weighted by Crippen LogP contribution is 2.40. The highest BCUT2D eigenvalue weighted by molar-refractivity contribution is 8.18. The number of benzene rings is 2. The van der Waals surface area contributed by atoms with Crippen LogP contribution in [0.15, 0.2) is 69.8 Å². The number of aromatic hydroxyl groups is 1. The smallest absolute Gasteiger partial charge is 0.344 e. The van der Waals surface area contributed by atoms with Crippen LogP contribution in [0.1, 0.15) is 12.5 Å². The molecular formula is C20H16FNO4S. The lowest BCUT2D eigenvalue weighted by Gasteiger charge is -2.03. The Morgan fingerprint density at radius 3 is 2.70 bits per heavy atom. The number of aliphatic hydroxyl groups excluding tert-OH is 1. The Morgan fingerprint density at radius 1 is 1.22 bits per heavy atom. The van der Waals surface area contributed by atoms with Crippen molar-refractivity contribution in [3.8, 4) is 5.75 Å². The van der Waals surface area contributed by atoms with Gasteiger partial charge in [0.2, 0.25) is 0 Å². The van der Waals surface area contributed by atoms with Gasteiger partial charge in [0.15, 0.2) is 0 Å². The van der Waals surface area contributed by atoms with E-state index in [9.17, 15) is 19.4 Å². The normalized spacial score (nSPS) is 17.0. The van der Waals surface area contributed by atoms with Crippen LogP contribution in [0.3, 0.4) is 0 Å². The van der Waals surface area contributed by atoms with E-state index in [1.807, 2.05) is 0 Å². The van der Waals surface area contributed by atoms with Gasteiger partial charge in [-0.3, -0.25) is 0 Å². The zero-order chi connectivity index (χ0) is 19.4. The molecule has 0 bridgehead atoms. The molecule has 0 aromatic heterocycles. The van der Waals surface area contributed by atoms with Gasteiger partial charge >= 0.3 is 5.97 Å². The van der Waals surface area contributed by atoms with E-state index < -0.39 is 11.8 Å². The summed E-state index contributed by atoms with van der Waals surface area (Å²) in [6, 6.07) is 12.1. The van der Waals surface area contributed by atoms with Crippen LogP contribution in [0.4, 0.5) is 10.1 Å². The summed E-state index contributed by atoms with van der Waals surface area (Å²) in [7, 11) is 0. The molecule has 3 rings (SSSR count). The highest BCUT2D eigenvalue weighted by atomic mass is 32.2. The van der Waals surface area contributed by atoms with Gasteiger partial charge in [0, 0.05) is 0 Å². The van der Waals surface area contributed by atoms with E-state index in [2.05, 4.69) is 4.99 Å². The number of hydrogen-bond acceptors (Lipinski definition) is 6. The fourth-order valence-corrected chi connectivity index (χ4v) is 3.46. The lowest BCUT2D eigenvalue weighted by Crippen LogP contribution is -2.12. The number of aliphatic hydroxyl groups is 1. The molecule has 1 heterocycles. The van der Waals surface area contributed by atoms with Crippen LogP contribution >= 0.6 is 11.8 Å². The molecule has 2 aromatic carbocycles. The minimum Gasteiger partial charge on any atom is -0.508 e. The number of phenols is 1. The summed E-state index contributed by atoms with van der Waals surface area (Å²) in [5.74, 6) is -1.36. The molecule has 2 aromatic rings. The van der Waals surface area contributed by atoms with E-state index in [1.165, 1.54) is 30.3 Å². The largest absolute Gasteiger partial charge is 0.508 e. The first-order valence-corrected chi connectivity index (χ1v) is 8.93.